The predicted molar refractivity (Wildman–Crippen MR) is 129 cm³/mol. The summed E-state index contributed by atoms with van der Waals surface area (Å²) < 4.78 is 5.42. The molecule has 3 rings (SSSR count). The minimum Gasteiger partial charge on any atom is -0.482 e. The summed E-state index contributed by atoms with van der Waals surface area (Å²) in [5.74, 6) is 0.466. The minimum atomic E-state index is -0.374. The van der Waals surface area contributed by atoms with E-state index in [2.05, 4.69) is 62.2 Å². The molecule has 0 aliphatic carbocycles. The molecule has 0 aromatic heterocycles. The van der Waals surface area contributed by atoms with Gasteiger partial charge in [0.2, 0.25) is 0 Å². The molecule has 2 aromatic rings. The Morgan fingerprint density at radius 1 is 1.29 bits per heavy atom. The minimum absolute atomic E-state index is 0.108. The van der Waals surface area contributed by atoms with Gasteiger partial charge in [0, 0.05) is 22.3 Å². The van der Waals surface area contributed by atoms with E-state index in [-0.39, 0.29) is 18.1 Å². The summed E-state index contributed by atoms with van der Waals surface area (Å²) in [4.78, 5) is 14.5. The maximum absolute atomic E-state index is 12.0. The molecule has 1 amide bonds. The molecule has 1 heterocycles. The van der Waals surface area contributed by atoms with Crippen LogP contribution in [0.5, 0.6) is 5.75 Å². The van der Waals surface area contributed by atoms with Crippen LogP contribution in [0.25, 0.3) is 0 Å². The van der Waals surface area contributed by atoms with Crippen molar-refractivity contribution in [2.24, 2.45) is 5.10 Å². The number of benzene rings is 2. The number of hydrogen-bond donors (Lipinski definition) is 1. The maximum atomic E-state index is 12.0. The summed E-state index contributed by atoms with van der Waals surface area (Å²) in [6.07, 6.45) is 2.74. The molecule has 0 bridgehead atoms. The van der Waals surface area contributed by atoms with E-state index < -0.39 is 0 Å². The molecule has 1 aliphatic heterocycles. The lowest BCUT2D eigenvalue weighted by Crippen LogP contribution is -2.51. The molecule has 0 saturated heterocycles. The van der Waals surface area contributed by atoms with Crippen LogP contribution in [0.15, 0.2) is 41.5 Å². The molecule has 5 nitrogen and oxygen atoms in total. The maximum Gasteiger partial charge on any atom is 0.277 e. The van der Waals surface area contributed by atoms with Crippen molar-refractivity contribution in [1.29, 1.82) is 0 Å². The molecule has 0 fully saturated rings. The second-order valence-corrected chi connectivity index (χ2v) is 9.70. The summed E-state index contributed by atoms with van der Waals surface area (Å²) in [5, 5.41) is 4.93. The number of amides is 1. The van der Waals surface area contributed by atoms with E-state index >= 15 is 0 Å². The molecule has 1 unspecified atom stereocenters. The van der Waals surface area contributed by atoms with Gasteiger partial charge in [-0.1, -0.05) is 36.2 Å². The fraction of sp³-hybridized carbons (Fsp3) is 0.417. The zero-order chi connectivity index (χ0) is 22.8. The third kappa shape index (κ3) is 5.52. The van der Waals surface area contributed by atoms with Crippen molar-refractivity contribution in [1.82, 2.24) is 5.43 Å². The highest BCUT2D eigenvalue weighted by Gasteiger charge is 2.37. The lowest BCUT2D eigenvalue weighted by molar-refractivity contribution is -0.123. The molecule has 0 spiro atoms. The normalized spacial score (nSPS) is 17.7. The Hall–Kier alpha value is -2.24. The Morgan fingerprint density at radius 2 is 2.03 bits per heavy atom. The van der Waals surface area contributed by atoms with Gasteiger partial charge in [-0.2, -0.15) is 5.10 Å². The molecule has 0 saturated carbocycles. The summed E-state index contributed by atoms with van der Waals surface area (Å²) in [6, 6.07) is 11.6. The van der Waals surface area contributed by atoms with Crippen molar-refractivity contribution >= 4 is 41.0 Å². The van der Waals surface area contributed by atoms with E-state index in [0.717, 1.165) is 12.0 Å². The summed E-state index contributed by atoms with van der Waals surface area (Å²) >= 11 is 11.9. The van der Waals surface area contributed by atoms with Crippen LogP contribution in [-0.4, -0.2) is 30.3 Å². The third-order valence-electron chi connectivity index (χ3n) is 5.47. The van der Waals surface area contributed by atoms with Gasteiger partial charge in [-0.15, -0.1) is 0 Å². The number of hydrogen-bond acceptors (Lipinski definition) is 4. The topological polar surface area (TPSA) is 53.9 Å². The number of fused-ring (bicyclic) bond motifs is 1. The largest absolute Gasteiger partial charge is 0.482 e. The van der Waals surface area contributed by atoms with E-state index in [9.17, 15) is 4.79 Å². The molecule has 0 radical (unpaired) electrons. The Labute approximate surface area is 194 Å². The number of carbonyl (C=O) groups is 1. The summed E-state index contributed by atoms with van der Waals surface area (Å²) in [5.41, 5.74) is 6.12. The van der Waals surface area contributed by atoms with Crippen molar-refractivity contribution in [2.75, 3.05) is 11.5 Å². The molecule has 166 valence electrons. The molecule has 1 N–H and O–H groups in total. The van der Waals surface area contributed by atoms with Crippen LogP contribution in [0.1, 0.15) is 58.1 Å². The summed E-state index contributed by atoms with van der Waals surface area (Å²) in [6.45, 7) is 11.1. The van der Waals surface area contributed by atoms with Crippen LogP contribution in [0.4, 0.5) is 5.69 Å². The Bertz CT molecular complexity index is 989. The Kier molecular flexibility index (Phi) is 7.17. The van der Waals surface area contributed by atoms with Gasteiger partial charge in [0.05, 0.1) is 11.2 Å². The molecule has 1 aliphatic rings. The first-order valence-corrected chi connectivity index (χ1v) is 11.2. The zero-order valence-electron chi connectivity index (χ0n) is 18.6. The summed E-state index contributed by atoms with van der Waals surface area (Å²) in [7, 11) is 0. The third-order valence-corrected chi connectivity index (χ3v) is 6.00. The molecule has 31 heavy (non-hydrogen) atoms. The number of hydrazone groups is 1. The first-order valence-electron chi connectivity index (χ1n) is 10.4. The Morgan fingerprint density at radius 3 is 2.71 bits per heavy atom. The van der Waals surface area contributed by atoms with Crippen molar-refractivity contribution in [3.63, 3.8) is 0 Å². The van der Waals surface area contributed by atoms with Crippen LogP contribution < -0.4 is 15.1 Å². The fourth-order valence-corrected chi connectivity index (χ4v) is 4.94. The van der Waals surface area contributed by atoms with Crippen LogP contribution in [-0.2, 0) is 4.79 Å². The van der Waals surface area contributed by atoms with Crippen molar-refractivity contribution in [3.05, 3.63) is 57.6 Å². The number of anilines is 1. The number of carbonyl (C=O) groups excluding carboxylic acids is 1. The van der Waals surface area contributed by atoms with Gasteiger partial charge in [-0.25, -0.2) is 5.43 Å². The van der Waals surface area contributed by atoms with Gasteiger partial charge in [0.25, 0.3) is 5.91 Å². The number of rotatable bonds is 6. The van der Waals surface area contributed by atoms with E-state index in [0.29, 0.717) is 27.8 Å². The lowest BCUT2D eigenvalue weighted by Gasteiger charge is -2.50. The van der Waals surface area contributed by atoms with Crippen LogP contribution in [0.2, 0.25) is 10.0 Å². The van der Waals surface area contributed by atoms with Gasteiger partial charge in [-0.05, 0) is 81.5 Å². The van der Waals surface area contributed by atoms with Gasteiger partial charge in [0.15, 0.2) is 6.61 Å². The standard InChI is InChI=1S/C24H29Cl2N3O2/c1-15(2)29-21-8-6-17(10-19(21)16(3)12-24(29,4)5)13-27-28-23(30)14-31-22-9-7-18(25)11-20(22)26/h6-11,13,15-16H,12,14H2,1-5H3,(H,28,30)/b27-13-. The molecule has 1 atom stereocenters. The van der Waals surface area contributed by atoms with Gasteiger partial charge in [0.1, 0.15) is 5.75 Å². The van der Waals surface area contributed by atoms with Crippen LogP contribution in [0, 0.1) is 0 Å². The second-order valence-electron chi connectivity index (χ2n) is 8.86. The highest BCUT2D eigenvalue weighted by Crippen LogP contribution is 2.44. The van der Waals surface area contributed by atoms with Gasteiger partial charge < -0.3 is 9.64 Å². The second kappa shape index (κ2) is 9.49. The quantitative estimate of drug-likeness (QED) is 0.422. The number of halogens is 2. The first kappa shape index (κ1) is 23.4. The Balaban J connectivity index is 1.64. The van der Waals surface area contributed by atoms with E-state index in [1.807, 2.05) is 6.07 Å². The smallest absolute Gasteiger partial charge is 0.277 e. The first-order chi connectivity index (χ1) is 14.6. The molecular weight excluding hydrogens is 433 g/mol. The highest BCUT2D eigenvalue weighted by molar-refractivity contribution is 6.35. The average molecular weight is 462 g/mol. The van der Waals surface area contributed by atoms with Gasteiger partial charge >= 0.3 is 0 Å². The highest BCUT2D eigenvalue weighted by atomic mass is 35.5. The zero-order valence-corrected chi connectivity index (χ0v) is 20.1. The van der Waals surface area contributed by atoms with E-state index in [4.69, 9.17) is 27.9 Å². The molecule has 2 aromatic carbocycles. The average Bonchev–Trinajstić information content (AvgIpc) is 2.66. The van der Waals surface area contributed by atoms with Crippen LogP contribution >= 0.6 is 23.2 Å². The van der Waals surface area contributed by atoms with Crippen molar-refractivity contribution in [2.45, 2.75) is 58.5 Å². The number of nitrogens with one attached hydrogen (secondary N) is 1. The molecule has 7 heteroatoms. The lowest BCUT2D eigenvalue weighted by atomic mass is 9.79. The monoisotopic (exact) mass is 461 g/mol. The van der Waals surface area contributed by atoms with Crippen molar-refractivity contribution < 1.29 is 9.53 Å². The number of nitrogens with zero attached hydrogens (tertiary/aromatic N) is 2. The fourth-order valence-electron chi connectivity index (χ4n) is 4.47. The SMILES string of the molecule is CC1CC(C)(C)N(C(C)C)c2ccc(/C=N\NC(=O)COc3ccc(Cl)cc3Cl)cc21. The van der Waals surface area contributed by atoms with E-state index in [1.165, 1.54) is 11.3 Å². The van der Waals surface area contributed by atoms with Crippen molar-refractivity contribution in [3.8, 4) is 5.75 Å². The van der Waals surface area contributed by atoms with Gasteiger partial charge in [-0.3, -0.25) is 4.79 Å². The predicted octanol–water partition coefficient (Wildman–Crippen LogP) is 6.02. The van der Waals surface area contributed by atoms with Crippen LogP contribution in [0.3, 0.4) is 0 Å². The van der Waals surface area contributed by atoms with E-state index in [1.54, 1.807) is 24.4 Å². The molecular formula is C24H29Cl2N3O2. The number of ether oxygens (including phenoxy) is 1.